The molecule has 4 nitrogen and oxygen atoms in total. The van der Waals surface area contributed by atoms with Crippen LogP contribution in [0.2, 0.25) is 5.02 Å². The molecule has 34 heavy (non-hydrogen) atoms. The third-order valence-corrected chi connectivity index (χ3v) is 6.02. The van der Waals surface area contributed by atoms with E-state index < -0.39 is 6.04 Å². The Labute approximate surface area is 205 Å². The Hall–Kier alpha value is -3.18. The van der Waals surface area contributed by atoms with Gasteiger partial charge in [-0.1, -0.05) is 73.1 Å². The topological polar surface area (TPSA) is 49.4 Å². The lowest BCUT2D eigenvalue weighted by Gasteiger charge is -2.32. The highest BCUT2D eigenvalue weighted by molar-refractivity contribution is 6.30. The van der Waals surface area contributed by atoms with Gasteiger partial charge in [0.2, 0.25) is 11.8 Å². The summed E-state index contributed by atoms with van der Waals surface area (Å²) in [5.74, 6) is -0.762. The van der Waals surface area contributed by atoms with Crippen molar-refractivity contribution < 1.29 is 14.0 Å². The van der Waals surface area contributed by atoms with Gasteiger partial charge in [-0.25, -0.2) is 4.39 Å². The molecule has 0 aliphatic carbocycles. The van der Waals surface area contributed by atoms with Crippen LogP contribution in [0.5, 0.6) is 0 Å². The lowest BCUT2D eigenvalue weighted by atomic mass is 10.0. The summed E-state index contributed by atoms with van der Waals surface area (Å²) in [5.41, 5.74) is 2.46. The molecule has 3 rings (SSSR count). The molecule has 0 fully saturated rings. The Balaban J connectivity index is 1.96. The van der Waals surface area contributed by atoms with Crippen LogP contribution in [0.3, 0.4) is 0 Å². The molecule has 0 radical (unpaired) electrons. The van der Waals surface area contributed by atoms with Gasteiger partial charge in [-0.05, 0) is 54.3 Å². The molecule has 1 N–H and O–H groups in total. The van der Waals surface area contributed by atoms with Gasteiger partial charge in [0, 0.05) is 24.0 Å². The van der Waals surface area contributed by atoms with Crippen molar-refractivity contribution in [3.63, 3.8) is 0 Å². The van der Waals surface area contributed by atoms with Crippen molar-refractivity contribution >= 4 is 23.4 Å². The van der Waals surface area contributed by atoms with Gasteiger partial charge in [-0.2, -0.15) is 0 Å². The summed E-state index contributed by atoms with van der Waals surface area (Å²) in [6, 6.07) is 22.0. The van der Waals surface area contributed by atoms with Gasteiger partial charge in [-0.3, -0.25) is 9.59 Å². The molecule has 0 bridgehead atoms. The Morgan fingerprint density at radius 2 is 1.62 bits per heavy atom. The zero-order chi connectivity index (χ0) is 24.5. The summed E-state index contributed by atoms with van der Waals surface area (Å²) in [6.07, 6.45) is 1.24. The van der Waals surface area contributed by atoms with Gasteiger partial charge in [-0.15, -0.1) is 0 Å². The van der Waals surface area contributed by atoms with Crippen molar-refractivity contribution in [2.45, 2.75) is 51.7 Å². The largest absolute Gasteiger partial charge is 0.352 e. The first kappa shape index (κ1) is 25.4. The van der Waals surface area contributed by atoms with Crippen LogP contribution in [-0.2, 0) is 29.0 Å². The Morgan fingerprint density at radius 1 is 0.941 bits per heavy atom. The van der Waals surface area contributed by atoms with Crippen LogP contribution < -0.4 is 5.32 Å². The molecule has 3 aromatic carbocycles. The van der Waals surface area contributed by atoms with E-state index in [-0.39, 0.29) is 36.6 Å². The van der Waals surface area contributed by atoms with E-state index in [0.29, 0.717) is 11.4 Å². The van der Waals surface area contributed by atoms with Crippen LogP contribution in [0.15, 0.2) is 78.9 Å². The zero-order valence-electron chi connectivity index (χ0n) is 19.5. The van der Waals surface area contributed by atoms with Gasteiger partial charge in [0.1, 0.15) is 11.9 Å². The van der Waals surface area contributed by atoms with E-state index in [1.165, 1.54) is 12.1 Å². The summed E-state index contributed by atoms with van der Waals surface area (Å²) in [6.45, 7) is 4.12. The van der Waals surface area contributed by atoms with Crippen molar-refractivity contribution in [3.05, 3.63) is 106 Å². The number of carbonyl (C=O) groups is 2. The average Bonchev–Trinajstić information content (AvgIpc) is 2.83. The molecule has 0 saturated heterocycles. The number of amides is 2. The van der Waals surface area contributed by atoms with Crippen LogP contribution in [0, 0.1) is 5.82 Å². The fourth-order valence-corrected chi connectivity index (χ4v) is 3.92. The molecule has 6 heteroatoms. The van der Waals surface area contributed by atoms with E-state index >= 15 is 0 Å². The number of hydrogen-bond acceptors (Lipinski definition) is 2. The maximum absolute atomic E-state index is 13.6. The van der Waals surface area contributed by atoms with Gasteiger partial charge >= 0.3 is 0 Å². The van der Waals surface area contributed by atoms with E-state index in [4.69, 9.17) is 11.6 Å². The average molecular weight is 481 g/mol. The fourth-order valence-electron chi connectivity index (χ4n) is 3.70. The second kappa shape index (κ2) is 12.3. The van der Waals surface area contributed by atoms with Crippen LogP contribution in [-0.4, -0.2) is 28.8 Å². The molecule has 0 aromatic heterocycles. The van der Waals surface area contributed by atoms with Crippen molar-refractivity contribution in [1.82, 2.24) is 10.2 Å². The highest BCUT2D eigenvalue weighted by Gasteiger charge is 2.31. The highest BCUT2D eigenvalue weighted by Crippen LogP contribution is 2.18. The first-order chi connectivity index (χ1) is 16.4. The van der Waals surface area contributed by atoms with Gasteiger partial charge in [0.15, 0.2) is 0 Å². The summed E-state index contributed by atoms with van der Waals surface area (Å²) in [7, 11) is 0. The Morgan fingerprint density at radius 3 is 2.26 bits per heavy atom. The standard InChI is InChI=1S/C28H30ClFN2O2/c1-3-20(2)31-28(34)26(17-21-8-5-4-6-9-21)32(19-22-12-14-25(30)15-13-22)27(33)18-23-10-7-11-24(29)16-23/h4-16,20,26H,3,17-19H2,1-2H3,(H,31,34). The maximum atomic E-state index is 13.6. The number of carbonyl (C=O) groups excluding carboxylic acids is 2. The smallest absolute Gasteiger partial charge is 0.243 e. The zero-order valence-corrected chi connectivity index (χ0v) is 20.3. The number of rotatable bonds is 10. The van der Waals surface area contributed by atoms with E-state index in [9.17, 15) is 14.0 Å². The first-order valence-corrected chi connectivity index (χ1v) is 11.9. The van der Waals surface area contributed by atoms with Gasteiger partial charge in [0.05, 0.1) is 6.42 Å². The number of benzene rings is 3. The second-order valence-electron chi connectivity index (χ2n) is 8.48. The Bertz CT molecular complexity index is 1090. The molecule has 0 aliphatic heterocycles. The van der Waals surface area contributed by atoms with Gasteiger partial charge in [0.25, 0.3) is 0 Å². The van der Waals surface area contributed by atoms with Crippen molar-refractivity contribution in [3.8, 4) is 0 Å². The summed E-state index contributed by atoms with van der Waals surface area (Å²) in [5, 5.41) is 3.59. The lowest BCUT2D eigenvalue weighted by molar-refractivity contribution is -0.141. The quantitative estimate of drug-likeness (QED) is 0.412. The third kappa shape index (κ3) is 7.42. The molecule has 0 aliphatic rings. The molecule has 2 atom stereocenters. The Kier molecular flexibility index (Phi) is 9.23. The van der Waals surface area contributed by atoms with E-state index in [1.807, 2.05) is 50.2 Å². The summed E-state index contributed by atoms with van der Waals surface area (Å²) < 4.78 is 13.5. The minimum Gasteiger partial charge on any atom is -0.352 e. The van der Waals surface area contributed by atoms with Gasteiger partial charge < -0.3 is 10.2 Å². The van der Waals surface area contributed by atoms with Crippen molar-refractivity contribution in [1.29, 1.82) is 0 Å². The molecule has 2 unspecified atom stereocenters. The van der Waals surface area contributed by atoms with E-state index in [0.717, 1.165) is 23.1 Å². The summed E-state index contributed by atoms with van der Waals surface area (Å²) >= 11 is 6.12. The van der Waals surface area contributed by atoms with Crippen molar-refractivity contribution in [2.24, 2.45) is 0 Å². The molecular formula is C28H30ClFN2O2. The second-order valence-corrected chi connectivity index (χ2v) is 8.91. The van der Waals surface area contributed by atoms with E-state index in [2.05, 4.69) is 5.32 Å². The lowest BCUT2D eigenvalue weighted by Crippen LogP contribution is -2.52. The molecule has 0 heterocycles. The third-order valence-electron chi connectivity index (χ3n) is 5.78. The fraction of sp³-hybridized carbons (Fsp3) is 0.286. The minimum atomic E-state index is -0.729. The van der Waals surface area contributed by atoms with Crippen LogP contribution >= 0.6 is 11.6 Å². The normalized spacial score (nSPS) is 12.6. The van der Waals surface area contributed by atoms with Crippen LogP contribution in [0.25, 0.3) is 0 Å². The van der Waals surface area contributed by atoms with Crippen molar-refractivity contribution in [2.75, 3.05) is 0 Å². The number of nitrogens with zero attached hydrogens (tertiary/aromatic N) is 1. The maximum Gasteiger partial charge on any atom is 0.243 e. The monoisotopic (exact) mass is 480 g/mol. The first-order valence-electron chi connectivity index (χ1n) is 11.5. The number of halogens is 2. The molecule has 0 spiro atoms. The van der Waals surface area contributed by atoms with E-state index in [1.54, 1.807) is 35.2 Å². The number of nitrogens with one attached hydrogen (secondary N) is 1. The molecular weight excluding hydrogens is 451 g/mol. The molecule has 0 saturated carbocycles. The van der Waals surface area contributed by atoms with Crippen LogP contribution in [0.1, 0.15) is 37.0 Å². The predicted octanol–water partition coefficient (Wildman–Crippen LogP) is 5.58. The molecule has 3 aromatic rings. The highest BCUT2D eigenvalue weighted by atomic mass is 35.5. The molecule has 2 amide bonds. The minimum absolute atomic E-state index is 0.0264. The summed E-state index contributed by atoms with van der Waals surface area (Å²) in [4.78, 5) is 28.6. The van der Waals surface area contributed by atoms with Crippen LogP contribution in [0.4, 0.5) is 4.39 Å². The number of hydrogen-bond donors (Lipinski definition) is 1. The molecule has 178 valence electrons. The predicted molar refractivity (Wildman–Crippen MR) is 134 cm³/mol. The SMILES string of the molecule is CCC(C)NC(=O)C(Cc1ccccc1)N(Cc1ccc(F)cc1)C(=O)Cc1cccc(Cl)c1.